The van der Waals surface area contributed by atoms with Gasteiger partial charge in [0.1, 0.15) is 0 Å². The van der Waals surface area contributed by atoms with Crippen LogP contribution in [-0.2, 0) is 6.54 Å². The van der Waals surface area contributed by atoms with Crippen molar-refractivity contribution in [2.45, 2.75) is 6.54 Å². The minimum atomic E-state index is -1.14. The van der Waals surface area contributed by atoms with Crippen molar-refractivity contribution < 1.29 is 14.7 Å². The van der Waals surface area contributed by atoms with Crippen LogP contribution in [0.5, 0.6) is 0 Å². The Morgan fingerprint density at radius 1 is 1.38 bits per heavy atom. The Hall–Kier alpha value is -2.32. The van der Waals surface area contributed by atoms with Gasteiger partial charge in [-0.1, -0.05) is 22.9 Å². The molecule has 0 aliphatic carbocycles. The van der Waals surface area contributed by atoms with E-state index in [-0.39, 0.29) is 22.0 Å². The summed E-state index contributed by atoms with van der Waals surface area (Å²) in [4.78, 5) is 35.7. The second-order valence-electron chi connectivity index (χ2n) is 3.98. The summed E-state index contributed by atoms with van der Waals surface area (Å²) in [5, 5.41) is 15.5. The first kappa shape index (κ1) is 15.1. The molecule has 2 aromatic rings. The van der Waals surface area contributed by atoms with Gasteiger partial charge in [0.25, 0.3) is 0 Å². The number of aromatic amines is 1. The van der Waals surface area contributed by atoms with E-state index in [2.05, 4.69) is 15.6 Å². The molecule has 0 bridgehead atoms. The van der Waals surface area contributed by atoms with Crippen molar-refractivity contribution >= 4 is 40.6 Å². The van der Waals surface area contributed by atoms with Gasteiger partial charge < -0.3 is 20.7 Å². The summed E-state index contributed by atoms with van der Waals surface area (Å²) >= 11 is 6.80. The number of amides is 2. The van der Waals surface area contributed by atoms with Crippen LogP contribution in [0.4, 0.5) is 10.5 Å². The lowest BCUT2D eigenvalue weighted by atomic mass is 10.2. The second kappa shape index (κ2) is 6.42. The van der Waals surface area contributed by atoms with Crippen LogP contribution < -0.4 is 15.5 Å². The van der Waals surface area contributed by atoms with Gasteiger partial charge in [0.15, 0.2) is 0 Å². The molecule has 1 aromatic heterocycles. The highest BCUT2D eigenvalue weighted by Gasteiger charge is 2.10. The third-order valence-electron chi connectivity index (χ3n) is 2.47. The van der Waals surface area contributed by atoms with Crippen LogP contribution in [0.1, 0.15) is 16.1 Å². The number of aromatic carboxylic acids is 1. The van der Waals surface area contributed by atoms with Gasteiger partial charge in [-0.2, -0.15) is 0 Å². The molecule has 1 aromatic carbocycles. The molecular weight excluding hydrogens is 318 g/mol. The van der Waals surface area contributed by atoms with E-state index in [0.717, 1.165) is 11.3 Å². The van der Waals surface area contributed by atoms with E-state index in [9.17, 15) is 14.4 Å². The van der Waals surface area contributed by atoms with Gasteiger partial charge in [-0.3, -0.25) is 4.79 Å². The number of benzene rings is 1. The molecule has 2 rings (SSSR count). The summed E-state index contributed by atoms with van der Waals surface area (Å²) in [5.74, 6) is -1.14. The van der Waals surface area contributed by atoms with Crippen LogP contribution >= 0.6 is 22.9 Å². The number of hydrogen-bond donors (Lipinski definition) is 4. The van der Waals surface area contributed by atoms with E-state index >= 15 is 0 Å². The van der Waals surface area contributed by atoms with E-state index in [4.69, 9.17) is 16.7 Å². The van der Waals surface area contributed by atoms with Gasteiger partial charge in [0, 0.05) is 16.8 Å². The monoisotopic (exact) mass is 327 g/mol. The fourth-order valence-corrected chi connectivity index (χ4v) is 2.36. The Kier molecular flexibility index (Phi) is 4.61. The quantitative estimate of drug-likeness (QED) is 0.689. The largest absolute Gasteiger partial charge is 0.478 e. The molecule has 4 N–H and O–H groups in total. The molecule has 0 atom stereocenters. The predicted octanol–water partition coefficient (Wildman–Crippen LogP) is 2.11. The number of carbonyl (C=O) groups excluding carboxylic acids is 1. The highest BCUT2D eigenvalue weighted by atomic mass is 35.5. The number of H-pyrrole nitrogens is 1. The van der Waals surface area contributed by atoms with Crippen LogP contribution in [0.2, 0.25) is 5.02 Å². The number of carbonyl (C=O) groups is 2. The van der Waals surface area contributed by atoms with Crippen molar-refractivity contribution in [3.05, 3.63) is 49.5 Å². The molecule has 0 aliphatic rings. The van der Waals surface area contributed by atoms with E-state index in [0.29, 0.717) is 11.4 Å². The Balaban J connectivity index is 1.95. The van der Waals surface area contributed by atoms with Crippen molar-refractivity contribution in [1.29, 1.82) is 0 Å². The standard InChI is InChI=1S/C12H10ClN3O4S/c13-9-3-6(1-2-8(9)10(17)18)15-11(19)14-4-7-5-21-12(20)16-7/h1-3,5H,4H2,(H,16,20)(H,17,18)(H2,14,15,19). The average molecular weight is 328 g/mol. The molecule has 0 radical (unpaired) electrons. The fourth-order valence-electron chi connectivity index (χ4n) is 1.52. The van der Waals surface area contributed by atoms with Crippen LogP contribution in [0.25, 0.3) is 0 Å². The number of nitrogens with one attached hydrogen (secondary N) is 3. The maximum absolute atomic E-state index is 11.7. The van der Waals surface area contributed by atoms with Crippen LogP contribution in [0, 0.1) is 0 Å². The molecule has 7 nitrogen and oxygen atoms in total. The zero-order valence-corrected chi connectivity index (χ0v) is 12.0. The zero-order chi connectivity index (χ0) is 15.4. The highest BCUT2D eigenvalue weighted by Crippen LogP contribution is 2.20. The second-order valence-corrected chi connectivity index (χ2v) is 5.23. The maximum atomic E-state index is 11.7. The first-order chi connectivity index (χ1) is 9.95. The van der Waals surface area contributed by atoms with Gasteiger partial charge in [0.05, 0.1) is 17.1 Å². The normalized spacial score (nSPS) is 10.1. The molecule has 0 fully saturated rings. The number of thiazole rings is 1. The summed E-state index contributed by atoms with van der Waals surface area (Å²) in [6.45, 7) is 0.172. The Morgan fingerprint density at radius 3 is 2.71 bits per heavy atom. The van der Waals surface area contributed by atoms with Crippen molar-refractivity contribution in [2.24, 2.45) is 0 Å². The fraction of sp³-hybridized carbons (Fsp3) is 0.0833. The van der Waals surface area contributed by atoms with E-state index < -0.39 is 12.0 Å². The topological polar surface area (TPSA) is 111 Å². The van der Waals surface area contributed by atoms with Gasteiger partial charge in [-0.25, -0.2) is 9.59 Å². The number of rotatable bonds is 4. The summed E-state index contributed by atoms with van der Waals surface area (Å²) in [7, 11) is 0. The number of carboxylic acid groups (broad SMARTS) is 1. The minimum Gasteiger partial charge on any atom is -0.478 e. The Bertz CT molecular complexity index is 740. The SMILES string of the molecule is O=C(NCc1csc(=O)[nH]1)Nc1ccc(C(=O)O)c(Cl)c1. The van der Waals surface area contributed by atoms with Crippen molar-refractivity contribution in [2.75, 3.05) is 5.32 Å². The lowest BCUT2D eigenvalue weighted by Gasteiger charge is -2.08. The molecule has 1 heterocycles. The van der Waals surface area contributed by atoms with Crippen molar-refractivity contribution in [3.8, 4) is 0 Å². The van der Waals surface area contributed by atoms with Gasteiger partial charge in [0.2, 0.25) is 0 Å². The molecule has 0 aliphatic heterocycles. The van der Waals surface area contributed by atoms with Crippen molar-refractivity contribution in [1.82, 2.24) is 10.3 Å². The molecular formula is C12H10ClN3O4S. The molecule has 0 saturated carbocycles. The van der Waals surface area contributed by atoms with Crippen LogP contribution in [-0.4, -0.2) is 22.1 Å². The molecule has 0 saturated heterocycles. The summed E-state index contributed by atoms with van der Waals surface area (Å²) in [6, 6.07) is 3.58. The van der Waals surface area contributed by atoms with E-state index in [1.165, 1.54) is 18.2 Å². The molecule has 2 amide bonds. The average Bonchev–Trinajstić information content (AvgIpc) is 2.82. The summed E-state index contributed by atoms with van der Waals surface area (Å²) in [5.41, 5.74) is 0.916. The summed E-state index contributed by atoms with van der Waals surface area (Å²) in [6.07, 6.45) is 0. The number of hydrogen-bond acceptors (Lipinski definition) is 4. The van der Waals surface area contributed by atoms with Gasteiger partial charge >= 0.3 is 16.9 Å². The smallest absolute Gasteiger partial charge is 0.337 e. The molecule has 9 heteroatoms. The zero-order valence-electron chi connectivity index (χ0n) is 10.5. The lowest BCUT2D eigenvalue weighted by Crippen LogP contribution is -2.28. The van der Waals surface area contributed by atoms with Gasteiger partial charge in [-0.15, -0.1) is 0 Å². The number of aromatic nitrogens is 1. The Morgan fingerprint density at radius 2 is 2.14 bits per heavy atom. The molecule has 21 heavy (non-hydrogen) atoms. The third-order valence-corrected chi connectivity index (χ3v) is 3.50. The van der Waals surface area contributed by atoms with E-state index in [1.807, 2.05) is 0 Å². The van der Waals surface area contributed by atoms with E-state index in [1.54, 1.807) is 5.38 Å². The maximum Gasteiger partial charge on any atom is 0.337 e. The highest BCUT2D eigenvalue weighted by molar-refractivity contribution is 7.07. The minimum absolute atomic E-state index is 0.0301. The first-order valence-corrected chi connectivity index (χ1v) is 6.96. The number of urea groups is 1. The predicted molar refractivity (Wildman–Crippen MR) is 79.2 cm³/mol. The van der Waals surface area contributed by atoms with Crippen LogP contribution in [0.15, 0.2) is 28.4 Å². The molecule has 110 valence electrons. The van der Waals surface area contributed by atoms with Gasteiger partial charge in [-0.05, 0) is 18.2 Å². The number of carboxylic acids is 1. The summed E-state index contributed by atoms with van der Waals surface area (Å²) < 4.78 is 0. The first-order valence-electron chi connectivity index (χ1n) is 5.70. The number of halogens is 1. The lowest BCUT2D eigenvalue weighted by molar-refractivity contribution is 0.0697. The van der Waals surface area contributed by atoms with Crippen molar-refractivity contribution in [3.63, 3.8) is 0 Å². The molecule has 0 spiro atoms. The third kappa shape index (κ3) is 4.07. The molecule has 0 unspecified atom stereocenters. The van der Waals surface area contributed by atoms with Crippen LogP contribution in [0.3, 0.4) is 0 Å². The Labute approximate surface area is 127 Å². The number of anilines is 1.